The molecule has 22 heavy (non-hydrogen) atoms. The molecule has 0 radical (unpaired) electrons. The molecule has 0 aromatic rings. The lowest BCUT2D eigenvalue weighted by molar-refractivity contribution is -0.124. The van der Waals surface area contributed by atoms with E-state index in [0.717, 1.165) is 38.2 Å². The van der Waals surface area contributed by atoms with Crippen molar-refractivity contribution in [3.8, 4) is 0 Å². The fraction of sp³-hybridized carbons (Fsp3) is 0.750. The number of likely N-dealkylation sites (N-methyl/N-ethyl adjacent to an activating group) is 1. The summed E-state index contributed by atoms with van der Waals surface area (Å²) in [5, 5.41) is 6.35. The molecule has 0 saturated heterocycles. The van der Waals surface area contributed by atoms with Crippen molar-refractivity contribution < 1.29 is 9.59 Å². The standard InChI is InChI=1S/C16H32N4O2/c1-13(12-21)10-15(11-16(3,4)14(2)22)20-19-9-8-18-7-6-17-5/h10,12-13,17-20H,6-9,11H2,1-5H3/b15-10-. The molecule has 0 spiro atoms. The Hall–Kier alpha value is -1.24. The Labute approximate surface area is 134 Å². The minimum atomic E-state index is -0.450. The number of allylic oxidation sites excluding steroid dienone is 2. The SMILES string of the molecule is CNCCNCCNN/C(=C\C(C)C=O)CC(C)(C)C(C)=O. The fourth-order valence-electron chi connectivity index (χ4n) is 1.77. The van der Waals surface area contributed by atoms with Crippen molar-refractivity contribution in [2.24, 2.45) is 11.3 Å². The van der Waals surface area contributed by atoms with Crippen LogP contribution in [0.1, 0.15) is 34.1 Å². The largest absolute Gasteiger partial charge is 0.326 e. The summed E-state index contributed by atoms with van der Waals surface area (Å²) in [6.07, 6.45) is 3.32. The number of hydrazine groups is 1. The summed E-state index contributed by atoms with van der Waals surface area (Å²) in [4.78, 5) is 22.5. The number of hydrogen-bond acceptors (Lipinski definition) is 6. The van der Waals surface area contributed by atoms with E-state index in [1.165, 1.54) is 0 Å². The molecule has 6 heteroatoms. The molecule has 0 rings (SSSR count). The van der Waals surface area contributed by atoms with Gasteiger partial charge in [0.05, 0.1) is 0 Å². The average Bonchev–Trinajstić information content (AvgIpc) is 2.45. The maximum absolute atomic E-state index is 11.7. The van der Waals surface area contributed by atoms with Gasteiger partial charge in [-0.1, -0.05) is 26.8 Å². The average molecular weight is 312 g/mol. The molecule has 128 valence electrons. The van der Waals surface area contributed by atoms with Crippen LogP contribution in [0.4, 0.5) is 0 Å². The monoisotopic (exact) mass is 312 g/mol. The van der Waals surface area contributed by atoms with Crippen LogP contribution >= 0.6 is 0 Å². The van der Waals surface area contributed by atoms with E-state index in [4.69, 9.17) is 0 Å². The van der Waals surface area contributed by atoms with Gasteiger partial charge in [-0.25, -0.2) is 5.43 Å². The van der Waals surface area contributed by atoms with Crippen molar-refractivity contribution in [3.63, 3.8) is 0 Å². The van der Waals surface area contributed by atoms with Crippen LogP contribution in [0.5, 0.6) is 0 Å². The molecule has 6 nitrogen and oxygen atoms in total. The second kappa shape index (κ2) is 11.3. The molecule has 4 N–H and O–H groups in total. The number of hydrogen-bond donors (Lipinski definition) is 4. The predicted molar refractivity (Wildman–Crippen MR) is 90.3 cm³/mol. The maximum Gasteiger partial charge on any atom is 0.135 e. The number of aldehydes is 1. The summed E-state index contributed by atoms with van der Waals surface area (Å²) in [7, 11) is 1.92. The van der Waals surface area contributed by atoms with Gasteiger partial charge in [0.15, 0.2) is 0 Å². The summed E-state index contributed by atoms with van der Waals surface area (Å²) < 4.78 is 0. The van der Waals surface area contributed by atoms with Crippen LogP contribution in [0.2, 0.25) is 0 Å². The zero-order valence-electron chi connectivity index (χ0n) is 14.6. The lowest BCUT2D eigenvalue weighted by atomic mass is 9.83. The van der Waals surface area contributed by atoms with E-state index in [1.807, 2.05) is 33.9 Å². The summed E-state index contributed by atoms with van der Waals surface area (Å²) in [6.45, 7) is 10.7. The molecule has 1 atom stereocenters. The third kappa shape index (κ3) is 9.65. The van der Waals surface area contributed by atoms with Gasteiger partial charge in [-0.15, -0.1) is 0 Å². The van der Waals surface area contributed by atoms with Crippen molar-refractivity contribution in [1.82, 2.24) is 21.5 Å². The lowest BCUT2D eigenvalue weighted by Gasteiger charge is -2.24. The number of carbonyl (C=O) groups excluding carboxylic acids is 2. The lowest BCUT2D eigenvalue weighted by Crippen LogP contribution is -2.39. The highest BCUT2D eigenvalue weighted by atomic mass is 16.1. The molecule has 1 unspecified atom stereocenters. The van der Waals surface area contributed by atoms with Crippen molar-refractivity contribution in [2.45, 2.75) is 34.1 Å². The first-order valence-electron chi connectivity index (χ1n) is 7.84. The summed E-state index contributed by atoms with van der Waals surface area (Å²) in [6, 6.07) is 0. The third-order valence-electron chi connectivity index (χ3n) is 3.49. The highest BCUT2D eigenvalue weighted by Crippen LogP contribution is 2.25. The zero-order valence-corrected chi connectivity index (χ0v) is 14.6. The van der Waals surface area contributed by atoms with Gasteiger partial charge in [0.2, 0.25) is 0 Å². The molecule has 0 aromatic heterocycles. The Morgan fingerprint density at radius 3 is 2.36 bits per heavy atom. The minimum Gasteiger partial charge on any atom is -0.326 e. The number of Topliss-reactive ketones (excluding diaryl/α,β-unsaturated/α-hetero) is 1. The van der Waals surface area contributed by atoms with Gasteiger partial charge in [0.25, 0.3) is 0 Å². The summed E-state index contributed by atoms with van der Waals surface area (Å²) in [5.74, 6) is -0.0477. The topological polar surface area (TPSA) is 82.3 Å². The summed E-state index contributed by atoms with van der Waals surface area (Å²) in [5.41, 5.74) is 6.68. The smallest absolute Gasteiger partial charge is 0.135 e. The molecule has 0 saturated carbocycles. The van der Waals surface area contributed by atoms with E-state index in [0.29, 0.717) is 6.42 Å². The van der Waals surface area contributed by atoms with E-state index < -0.39 is 5.41 Å². The second-order valence-electron chi connectivity index (χ2n) is 6.21. The van der Waals surface area contributed by atoms with Crippen LogP contribution in [0, 0.1) is 11.3 Å². The van der Waals surface area contributed by atoms with Crippen LogP contribution in [-0.4, -0.2) is 45.3 Å². The first kappa shape index (κ1) is 20.8. The van der Waals surface area contributed by atoms with E-state index >= 15 is 0 Å². The number of nitrogens with one attached hydrogen (secondary N) is 4. The highest BCUT2D eigenvalue weighted by Gasteiger charge is 2.25. The van der Waals surface area contributed by atoms with Crippen LogP contribution in [-0.2, 0) is 9.59 Å². The van der Waals surface area contributed by atoms with Gasteiger partial charge in [-0.05, 0) is 14.0 Å². The van der Waals surface area contributed by atoms with Crippen molar-refractivity contribution in [1.29, 1.82) is 0 Å². The molecule has 0 aromatic carbocycles. The van der Waals surface area contributed by atoms with E-state index in [1.54, 1.807) is 6.92 Å². The van der Waals surface area contributed by atoms with Crippen LogP contribution in [0.15, 0.2) is 11.8 Å². The Morgan fingerprint density at radius 2 is 1.82 bits per heavy atom. The zero-order chi connectivity index (χ0) is 17.0. The molecule has 0 aliphatic rings. The summed E-state index contributed by atoms with van der Waals surface area (Å²) >= 11 is 0. The number of ketones is 1. The van der Waals surface area contributed by atoms with Gasteiger partial charge >= 0.3 is 0 Å². The van der Waals surface area contributed by atoms with Gasteiger partial charge in [-0.2, -0.15) is 0 Å². The van der Waals surface area contributed by atoms with Crippen LogP contribution in [0.25, 0.3) is 0 Å². The molecule has 0 fully saturated rings. The predicted octanol–water partition coefficient (Wildman–Crippen LogP) is 0.614. The van der Waals surface area contributed by atoms with Gasteiger partial charge in [-0.3, -0.25) is 4.79 Å². The maximum atomic E-state index is 11.7. The van der Waals surface area contributed by atoms with Crippen LogP contribution in [0.3, 0.4) is 0 Å². The molecule has 0 amide bonds. The van der Waals surface area contributed by atoms with Gasteiger partial charge in [0, 0.05) is 49.6 Å². The van der Waals surface area contributed by atoms with Crippen molar-refractivity contribution in [2.75, 3.05) is 33.2 Å². The molecule has 0 aliphatic heterocycles. The molecule has 0 aliphatic carbocycles. The van der Waals surface area contributed by atoms with Gasteiger partial charge < -0.3 is 20.9 Å². The number of carbonyl (C=O) groups is 2. The molecule has 0 heterocycles. The van der Waals surface area contributed by atoms with Crippen molar-refractivity contribution >= 4 is 12.1 Å². The van der Waals surface area contributed by atoms with E-state index in [2.05, 4.69) is 21.5 Å². The number of rotatable bonds is 13. The Kier molecular flexibility index (Phi) is 10.7. The van der Waals surface area contributed by atoms with Gasteiger partial charge in [0.1, 0.15) is 12.1 Å². The molecular formula is C16H32N4O2. The Balaban J connectivity index is 4.35. The Bertz CT molecular complexity index is 367. The van der Waals surface area contributed by atoms with Crippen molar-refractivity contribution in [3.05, 3.63) is 11.8 Å². The Morgan fingerprint density at radius 1 is 1.18 bits per heavy atom. The third-order valence-corrected chi connectivity index (χ3v) is 3.49. The molecular weight excluding hydrogens is 280 g/mol. The normalized spacial score (nSPS) is 13.8. The fourth-order valence-corrected chi connectivity index (χ4v) is 1.77. The first-order valence-corrected chi connectivity index (χ1v) is 7.84. The van der Waals surface area contributed by atoms with Crippen LogP contribution < -0.4 is 21.5 Å². The quantitative estimate of drug-likeness (QED) is 0.227. The highest BCUT2D eigenvalue weighted by molar-refractivity contribution is 5.81. The minimum absolute atomic E-state index is 0.132. The van der Waals surface area contributed by atoms with E-state index in [9.17, 15) is 9.59 Å². The second-order valence-corrected chi connectivity index (χ2v) is 6.21. The molecule has 0 bridgehead atoms. The first-order chi connectivity index (χ1) is 10.3. The van der Waals surface area contributed by atoms with E-state index in [-0.39, 0.29) is 11.7 Å².